The molecule has 1 rings (SSSR count). The van der Waals surface area contributed by atoms with E-state index in [4.69, 9.17) is 4.74 Å². The number of rotatable bonds is 6. The maximum absolute atomic E-state index is 11.6. The van der Waals surface area contributed by atoms with Crippen LogP contribution in [-0.4, -0.2) is 36.7 Å². The Bertz CT molecular complexity index is 514. The van der Waals surface area contributed by atoms with E-state index in [1.807, 2.05) is 0 Å². The van der Waals surface area contributed by atoms with Crippen LogP contribution in [0.25, 0.3) is 0 Å². The van der Waals surface area contributed by atoms with Gasteiger partial charge in [-0.3, -0.25) is 10.1 Å². The Labute approximate surface area is 121 Å². The third kappa shape index (κ3) is 5.09. The second-order valence-corrected chi connectivity index (χ2v) is 4.07. The number of benzene rings is 1. The monoisotopic (exact) mass is 296 g/mol. The summed E-state index contributed by atoms with van der Waals surface area (Å²) in [5, 5.41) is 12.9. The van der Waals surface area contributed by atoms with Gasteiger partial charge in [0.2, 0.25) is 0 Å². The number of esters is 1. The molecule has 0 fully saturated rings. The number of nitrogens with zero attached hydrogens (tertiary/aromatic N) is 1. The van der Waals surface area contributed by atoms with Gasteiger partial charge in [-0.1, -0.05) is 12.1 Å². The highest BCUT2D eigenvalue weighted by Crippen LogP contribution is 2.13. The van der Waals surface area contributed by atoms with E-state index in [0.29, 0.717) is 5.56 Å². The maximum atomic E-state index is 11.6. The molecule has 1 N–H and O–H groups in total. The van der Waals surface area contributed by atoms with Gasteiger partial charge in [0.1, 0.15) is 6.04 Å². The normalized spacial score (nSPS) is 11.3. The predicted octanol–water partition coefficient (Wildman–Crippen LogP) is 1.43. The number of hydrogen-bond donors (Lipinski definition) is 1. The van der Waals surface area contributed by atoms with Crippen LogP contribution in [0.1, 0.15) is 12.5 Å². The molecule has 0 saturated carbocycles. The molecule has 0 spiro atoms. The Morgan fingerprint density at radius 1 is 1.33 bits per heavy atom. The minimum Gasteiger partial charge on any atom is -0.467 e. The van der Waals surface area contributed by atoms with E-state index in [2.05, 4.69) is 10.1 Å². The van der Waals surface area contributed by atoms with Gasteiger partial charge in [-0.05, 0) is 12.5 Å². The summed E-state index contributed by atoms with van der Waals surface area (Å²) in [4.78, 5) is 33.1. The summed E-state index contributed by atoms with van der Waals surface area (Å²) in [6.07, 6.45) is -0.585. The van der Waals surface area contributed by atoms with Crippen LogP contribution in [-0.2, 0) is 20.7 Å². The van der Waals surface area contributed by atoms with E-state index in [1.165, 1.54) is 31.4 Å². The average Bonchev–Trinajstić information content (AvgIpc) is 2.46. The standard InChI is InChI=1S/C13H16N2O6/c1-3-21-13(17)14-11(12(16)20-2)8-9-4-6-10(7-5-9)15(18)19/h4-7,11H,3,8H2,1-2H3,(H,14,17)/t11-/m0/s1. The minimum atomic E-state index is -0.921. The molecule has 0 radical (unpaired) electrons. The van der Waals surface area contributed by atoms with Crippen molar-refractivity contribution in [2.75, 3.05) is 13.7 Å². The van der Waals surface area contributed by atoms with Gasteiger partial charge in [0, 0.05) is 18.6 Å². The largest absolute Gasteiger partial charge is 0.467 e. The number of hydrogen-bond acceptors (Lipinski definition) is 6. The Hall–Kier alpha value is -2.64. The summed E-state index contributed by atoms with van der Waals surface area (Å²) >= 11 is 0. The average molecular weight is 296 g/mol. The summed E-state index contributed by atoms with van der Waals surface area (Å²) in [7, 11) is 1.21. The number of carbonyl (C=O) groups is 2. The van der Waals surface area contributed by atoms with Gasteiger partial charge in [0.05, 0.1) is 18.6 Å². The Kier molecular flexibility index (Phi) is 6.12. The molecule has 0 unspecified atom stereocenters. The summed E-state index contributed by atoms with van der Waals surface area (Å²) in [6.45, 7) is 1.82. The van der Waals surface area contributed by atoms with Crippen molar-refractivity contribution in [3.05, 3.63) is 39.9 Å². The van der Waals surface area contributed by atoms with Crippen molar-refractivity contribution in [3.63, 3.8) is 0 Å². The molecule has 1 atom stereocenters. The van der Waals surface area contributed by atoms with Crippen LogP contribution in [0.4, 0.5) is 10.5 Å². The minimum absolute atomic E-state index is 0.0493. The molecule has 0 heterocycles. The lowest BCUT2D eigenvalue weighted by Crippen LogP contribution is -2.43. The van der Waals surface area contributed by atoms with Crippen LogP contribution in [0.2, 0.25) is 0 Å². The summed E-state index contributed by atoms with van der Waals surface area (Å²) in [5.41, 5.74) is 0.597. The first kappa shape index (κ1) is 16.4. The number of alkyl carbamates (subject to hydrolysis) is 1. The molecule has 114 valence electrons. The first-order valence-corrected chi connectivity index (χ1v) is 6.22. The molecular formula is C13H16N2O6. The summed E-state index contributed by atoms with van der Waals surface area (Å²) in [6, 6.07) is 4.76. The first-order chi connectivity index (χ1) is 9.97. The number of nitrogens with one attached hydrogen (secondary N) is 1. The van der Waals surface area contributed by atoms with E-state index < -0.39 is 23.0 Å². The van der Waals surface area contributed by atoms with Crippen molar-refractivity contribution in [3.8, 4) is 0 Å². The van der Waals surface area contributed by atoms with Crippen LogP contribution in [0.3, 0.4) is 0 Å². The third-order valence-electron chi connectivity index (χ3n) is 2.64. The van der Waals surface area contributed by atoms with Crippen LogP contribution >= 0.6 is 0 Å². The Morgan fingerprint density at radius 2 is 1.95 bits per heavy atom. The maximum Gasteiger partial charge on any atom is 0.407 e. The number of methoxy groups -OCH3 is 1. The van der Waals surface area contributed by atoms with Gasteiger partial charge >= 0.3 is 12.1 Å². The van der Waals surface area contributed by atoms with Crippen LogP contribution < -0.4 is 5.32 Å². The van der Waals surface area contributed by atoms with Gasteiger partial charge in [-0.15, -0.1) is 0 Å². The molecule has 0 aliphatic rings. The van der Waals surface area contributed by atoms with Crippen LogP contribution in [0, 0.1) is 10.1 Å². The van der Waals surface area contributed by atoms with E-state index >= 15 is 0 Å². The third-order valence-corrected chi connectivity index (χ3v) is 2.64. The molecular weight excluding hydrogens is 280 g/mol. The fourth-order valence-corrected chi connectivity index (χ4v) is 1.64. The zero-order valence-electron chi connectivity index (χ0n) is 11.7. The van der Waals surface area contributed by atoms with Gasteiger partial charge < -0.3 is 14.8 Å². The van der Waals surface area contributed by atoms with Crippen LogP contribution in [0.15, 0.2) is 24.3 Å². The molecule has 0 aliphatic heterocycles. The van der Waals surface area contributed by atoms with Gasteiger partial charge in [-0.25, -0.2) is 9.59 Å². The fourth-order valence-electron chi connectivity index (χ4n) is 1.64. The van der Waals surface area contributed by atoms with Crippen molar-refractivity contribution < 1.29 is 24.0 Å². The lowest BCUT2D eigenvalue weighted by atomic mass is 10.1. The Morgan fingerprint density at radius 3 is 2.43 bits per heavy atom. The molecule has 1 amide bonds. The van der Waals surface area contributed by atoms with Gasteiger partial charge in [0.15, 0.2) is 0 Å². The molecule has 1 aromatic carbocycles. The lowest BCUT2D eigenvalue weighted by Gasteiger charge is -2.16. The molecule has 21 heavy (non-hydrogen) atoms. The molecule has 0 saturated heterocycles. The second kappa shape index (κ2) is 7.83. The molecule has 8 nitrogen and oxygen atoms in total. The number of nitro groups is 1. The van der Waals surface area contributed by atoms with E-state index in [9.17, 15) is 19.7 Å². The number of amides is 1. The number of carbonyl (C=O) groups excluding carboxylic acids is 2. The van der Waals surface area contributed by atoms with Crippen LogP contribution in [0.5, 0.6) is 0 Å². The summed E-state index contributed by atoms with van der Waals surface area (Å²) < 4.78 is 9.32. The zero-order chi connectivity index (χ0) is 15.8. The van der Waals surface area contributed by atoms with Crippen molar-refractivity contribution in [2.24, 2.45) is 0 Å². The highest BCUT2D eigenvalue weighted by atomic mass is 16.6. The number of ether oxygens (including phenoxy) is 2. The Balaban J connectivity index is 2.78. The van der Waals surface area contributed by atoms with Gasteiger partial charge in [-0.2, -0.15) is 0 Å². The fraction of sp³-hybridized carbons (Fsp3) is 0.385. The van der Waals surface area contributed by atoms with Crippen molar-refractivity contribution in [2.45, 2.75) is 19.4 Å². The molecule has 0 aromatic heterocycles. The van der Waals surface area contributed by atoms with Crippen molar-refractivity contribution in [1.82, 2.24) is 5.32 Å². The highest BCUT2D eigenvalue weighted by molar-refractivity contribution is 5.81. The van der Waals surface area contributed by atoms with E-state index in [0.717, 1.165) is 0 Å². The summed E-state index contributed by atoms with van der Waals surface area (Å²) in [5.74, 6) is -0.624. The molecule has 0 bridgehead atoms. The van der Waals surface area contributed by atoms with Gasteiger partial charge in [0.25, 0.3) is 5.69 Å². The predicted molar refractivity (Wildman–Crippen MR) is 72.8 cm³/mol. The number of non-ortho nitro benzene ring substituents is 1. The lowest BCUT2D eigenvalue weighted by molar-refractivity contribution is -0.384. The van der Waals surface area contributed by atoms with E-state index in [-0.39, 0.29) is 18.7 Å². The van der Waals surface area contributed by atoms with Crippen molar-refractivity contribution in [1.29, 1.82) is 0 Å². The van der Waals surface area contributed by atoms with Crippen molar-refractivity contribution >= 4 is 17.7 Å². The van der Waals surface area contributed by atoms with E-state index in [1.54, 1.807) is 6.92 Å². The molecule has 0 aliphatic carbocycles. The number of nitro benzene ring substituents is 1. The smallest absolute Gasteiger partial charge is 0.407 e. The SMILES string of the molecule is CCOC(=O)N[C@@H](Cc1ccc([N+](=O)[O-])cc1)C(=O)OC. The quantitative estimate of drug-likeness (QED) is 0.483. The molecule has 1 aromatic rings. The highest BCUT2D eigenvalue weighted by Gasteiger charge is 2.22. The first-order valence-electron chi connectivity index (χ1n) is 6.22. The zero-order valence-corrected chi connectivity index (χ0v) is 11.7. The molecule has 8 heteroatoms. The second-order valence-electron chi connectivity index (χ2n) is 4.07. The topological polar surface area (TPSA) is 108 Å².